The predicted octanol–water partition coefficient (Wildman–Crippen LogP) is 2.74. The highest BCUT2D eigenvalue weighted by atomic mass is 19.1. The van der Waals surface area contributed by atoms with Gasteiger partial charge in [0.1, 0.15) is 5.82 Å². The minimum Gasteiger partial charge on any atom is -0.350 e. The van der Waals surface area contributed by atoms with Gasteiger partial charge in [-0.25, -0.2) is 4.39 Å². The van der Waals surface area contributed by atoms with E-state index in [1.165, 1.54) is 37.1 Å². The molecule has 1 atom stereocenters. The summed E-state index contributed by atoms with van der Waals surface area (Å²) >= 11 is 0. The molecule has 1 aromatic rings. The van der Waals surface area contributed by atoms with Crippen molar-refractivity contribution in [1.29, 1.82) is 0 Å². The lowest BCUT2D eigenvalue weighted by Gasteiger charge is -2.13. The van der Waals surface area contributed by atoms with Gasteiger partial charge in [0.15, 0.2) is 0 Å². The van der Waals surface area contributed by atoms with Crippen LogP contribution in [0.3, 0.4) is 0 Å². The van der Waals surface area contributed by atoms with Gasteiger partial charge in [0, 0.05) is 11.6 Å². The molecule has 0 heterocycles. The first-order chi connectivity index (χ1) is 7.65. The first-order valence-corrected chi connectivity index (χ1v) is 5.71. The van der Waals surface area contributed by atoms with Crippen LogP contribution >= 0.6 is 0 Å². The zero-order valence-corrected chi connectivity index (χ0v) is 9.37. The quantitative estimate of drug-likeness (QED) is 0.832. The molecule has 1 N–H and O–H groups in total. The van der Waals surface area contributed by atoms with Crippen molar-refractivity contribution >= 4 is 5.91 Å². The number of halogens is 1. The Morgan fingerprint density at radius 3 is 2.62 bits per heavy atom. The molecule has 16 heavy (non-hydrogen) atoms. The minimum atomic E-state index is -0.317. The van der Waals surface area contributed by atoms with Gasteiger partial charge in [-0.15, -0.1) is 0 Å². The molecule has 0 aliphatic heterocycles. The van der Waals surface area contributed by atoms with Crippen LogP contribution in [0.5, 0.6) is 0 Å². The summed E-state index contributed by atoms with van der Waals surface area (Å²) in [6, 6.07) is 5.83. The van der Waals surface area contributed by atoms with E-state index in [2.05, 4.69) is 5.32 Å². The molecule has 1 unspecified atom stereocenters. The van der Waals surface area contributed by atoms with E-state index in [9.17, 15) is 9.18 Å². The Morgan fingerprint density at radius 2 is 2.06 bits per heavy atom. The fraction of sp³-hybridized carbons (Fsp3) is 0.462. The van der Waals surface area contributed by atoms with E-state index in [0.29, 0.717) is 5.56 Å². The molecule has 1 fully saturated rings. The van der Waals surface area contributed by atoms with Crippen molar-refractivity contribution in [2.24, 2.45) is 5.92 Å². The van der Waals surface area contributed by atoms with E-state index in [1.807, 2.05) is 6.92 Å². The van der Waals surface area contributed by atoms with Crippen LogP contribution in [-0.4, -0.2) is 11.9 Å². The molecule has 1 saturated carbocycles. The van der Waals surface area contributed by atoms with E-state index in [1.54, 1.807) is 0 Å². The van der Waals surface area contributed by atoms with Crippen molar-refractivity contribution in [3.8, 4) is 0 Å². The molecule has 86 valence electrons. The van der Waals surface area contributed by atoms with E-state index in [4.69, 9.17) is 0 Å². The third kappa shape index (κ3) is 3.05. The number of amides is 1. The Balaban J connectivity index is 1.88. The average Bonchev–Trinajstić information content (AvgIpc) is 3.02. The molecule has 1 amide bonds. The maximum atomic E-state index is 12.7. The molecule has 1 aromatic carbocycles. The molecule has 0 bridgehead atoms. The maximum Gasteiger partial charge on any atom is 0.251 e. The predicted molar refractivity (Wildman–Crippen MR) is 60.7 cm³/mol. The van der Waals surface area contributed by atoms with Crippen molar-refractivity contribution in [2.45, 2.75) is 32.2 Å². The highest BCUT2D eigenvalue weighted by Crippen LogP contribution is 2.33. The summed E-state index contributed by atoms with van der Waals surface area (Å²) in [7, 11) is 0. The molecule has 1 aliphatic rings. The topological polar surface area (TPSA) is 29.1 Å². The van der Waals surface area contributed by atoms with Gasteiger partial charge in [0.25, 0.3) is 5.91 Å². The molecule has 3 heteroatoms. The third-order valence-electron chi connectivity index (χ3n) is 2.87. The lowest BCUT2D eigenvalue weighted by atomic mass is 10.1. The van der Waals surface area contributed by atoms with Crippen LogP contribution in [0.4, 0.5) is 4.39 Å². The van der Waals surface area contributed by atoms with Crippen molar-refractivity contribution in [3.05, 3.63) is 35.6 Å². The Morgan fingerprint density at radius 1 is 1.44 bits per heavy atom. The maximum absolute atomic E-state index is 12.7. The molecular formula is C13H16FNO. The average molecular weight is 221 g/mol. The SMILES string of the molecule is CC(CC1CC1)NC(=O)c1ccc(F)cc1. The van der Waals surface area contributed by atoms with Gasteiger partial charge in [-0.3, -0.25) is 4.79 Å². The number of rotatable bonds is 4. The van der Waals surface area contributed by atoms with Crippen LogP contribution in [0.1, 0.15) is 36.5 Å². The van der Waals surface area contributed by atoms with Crippen LogP contribution in [0, 0.1) is 11.7 Å². The second-order valence-electron chi connectivity index (χ2n) is 4.56. The first-order valence-electron chi connectivity index (χ1n) is 5.71. The van der Waals surface area contributed by atoms with Gasteiger partial charge < -0.3 is 5.32 Å². The lowest BCUT2D eigenvalue weighted by Crippen LogP contribution is -2.32. The molecular weight excluding hydrogens is 205 g/mol. The Bertz CT molecular complexity index is 370. The van der Waals surface area contributed by atoms with E-state index >= 15 is 0 Å². The molecule has 0 radical (unpaired) electrons. The second kappa shape index (κ2) is 4.64. The number of carbonyl (C=O) groups is 1. The summed E-state index contributed by atoms with van der Waals surface area (Å²) in [4.78, 5) is 11.7. The molecule has 0 aromatic heterocycles. The normalized spacial score (nSPS) is 16.9. The summed E-state index contributed by atoms with van der Waals surface area (Å²) in [5.74, 6) is 0.360. The van der Waals surface area contributed by atoms with Gasteiger partial charge in [-0.1, -0.05) is 12.8 Å². The van der Waals surface area contributed by atoms with Gasteiger partial charge >= 0.3 is 0 Å². The Labute approximate surface area is 94.9 Å². The number of hydrogen-bond donors (Lipinski definition) is 1. The summed E-state index contributed by atoms with van der Waals surface area (Å²) in [6.07, 6.45) is 3.63. The van der Waals surface area contributed by atoms with Gasteiger partial charge in [-0.2, -0.15) is 0 Å². The van der Waals surface area contributed by atoms with E-state index in [-0.39, 0.29) is 17.8 Å². The number of carbonyl (C=O) groups excluding carboxylic acids is 1. The fourth-order valence-corrected chi connectivity index (χ4v) is 1.82. The molecule has 2 rings (SSSR count). The number of hydrogen-bond acceptors (Lipinski definition) is 1. The molecule has 0 spiro atoms. The largest absolute Gasteiger partial charge is 0.350 e. The van der Waals surface area contributed by atoms with Crippen molar-refractivity contribution in [1.82, 2.24) is 5.32 Å². The van der Waals surface area contributed by atoms with Crippen LogP contribution in [0.15, 0.2) is 24.3 Å². The molecule has 2 nitrogen and oxygen atoms in total. The molecule has 0 saturated heterocycles. The number of nitrogens with one attached hydrogen (secondary N) is 1. The Hall–Kier alpha value is -1.38. The fourth-order valence-electron chi connectivity index (χ4n) is 1.82. The first kappa shape index (κ1) is 11.1. The standard InChI is InChI=1S/C13H16FNO/c1-9(8-10-2-3-10)15-13(16)11-4-6-12(14)7-5-11/h4-7,9-10H,2-3,8H2,1H3,(H,15,16). The zero-order chi connectivity index (χ0) is 11.5. The lowest BCUT2D eigenvalue weighted by molar-refractivity contribution is 0.0937. The van der Waals surface area contributed by atoms with Crippen LogP contribution in [0.2, 0.25) is 0 Å². The van der Waals surface area contributed by atoms with Crippen LogP contribution in [0.25, 0.3) is 0 Å². The van der Waals surface area contributed by atoms with Gasteiger partial charge in [-0.05, 0) is 43.5 Å². The van der Waals surface area contributed by atoms with Crippen molar-refractivity contribution in [2.75, 3.05) is 0 Å². The summed E-state index contributed by atoms with van der Waals surface area (Å²) in [5.41, 5.74) is 0.518. The summed E-state index contributed by atoms with van der Waals surface area (Å²) in [5, 5.41) is 2.93. The van der Waals surface area contributed by atoms with Crippen molar-refractivity contribution < 1.29 is 9.18 Å². The number of benzene rings is 1. The van der Waals surface area contributed by atoms with E-state index in [0.717, 1.165) is 12.3 Å². The zero-order valence-electron chi connectivity index (χ0n) is 9.37. The minimum absolute atomic E-state index is 0.117. The van der Waals surface area contributed by atoms with Gasteiger partial charge in [0.2, 0.25) is 0 Å². The third-order valence-corrected chi connectivity index (χ3v) is 2.87. The van der Waals surface area contributed by atoms with Gasteiger partial charge in [0.05, 0.1) is 0 Å². The summed E-state index contributed by atoms with van der Waals surface area (Å²) < 4.78 is 12.7. The Kier molecular flexibility index (Phi) is 3.22. The summed E-state index contributed by atoms with van der Waals surface area (Å²) in [6.45, 7) is 2.01. The smallest absolute Gasteiger partial charge is 0.251 e. The molecule has 1 aliphatic carbocycles. The van der Waals surface area contributed by atoms with Crippen LogP contribution < -0.4 is 5.32 Å². The van der Waals surface area contributed by atoms with E-state index < -0.39 is 0 Å². The highest BCUT2D eigenvalue weighted by Gasteiger charge is 2.24. The van der Waals surface area contributed by atoms with Crippen molar-refractivity contribution in [3.63, 3.8) is 0 Å². The van der Waals surface area contributed by atoms with Crippen LogP contribution in [-0.2, 0) is 0 Å². The highest BCUT2D eigenvalue weighted by molar-refractivity contribution is 5.94. The second-order valence-corrected chi connectivity index (χ2v) is 4.56. The monoisotopic (exact) mass is 221 g/mol.